The van der Waals surface area contributed by atoms with E-state index in [-0.39, 0.29) is 17.7 Å². The van der Waals surface area contributed by atoms with Crippen molar-refractivity contribution >= 4 is 11.8 Å². The van der Waals surface area contributed by atoms with Crippen LogP contribution in [-0.2, 0) is 9.59 Å². The van der Waals surface area contributed by atoms with Gasteiger partial charge in [-0.15, -0.1) is 0 Å². The summed E-state index contributed by atoms with van der Waals surface area (Å²) in [5.41, 5.74) is 5.23. The first-order valence-corrected chi connectivity index (χ1v) is 6.08. The van der Waals surface area contributed by atoms with Gasteiger partial charge in [0.05, 0.1) is 11.5 Å². The summed E-state index contributed by atoms with van der Waals surface area (Å²) in [7, 11) is 3.28. The van der Waals surface area contributed by atoms with Gasteiger partial charge in [-0.1, -0.05) is 20.8 Å². The van der Waals surface area contributed by atoms with E-state index < -0.39 is 5.54 Å². The van der Waals surface area contributed by atoms with Crippen molar-refractivity contribution in [2.24, 2.45) is 11.7 Å². The number of hydrogen-bond donors (Lipinski definition) is 2. The van der Waals surface area contributed by atoms with Crippen molar-refractivity contribution in [2.75, 3.05) is 20.6 Å². The van der Waals surface area contributed by atoms with Crippen molar-refractivity contribution in [2.45, 2.75) is 39.2 Å². The van der Waals surface area contributed by atoms with Crippen LogP contribution in [-0.4, -0.2) is 42.9 Å². The van der Waals surface area contributed by atoms with Crippen LogP contribution in [0.4, 0.5) is 0 Å². The van der Waals surface area contributed by atoms with E-state index >= 15 is 0 Å². The van der Waals surface area contributed by atoms with Gasteiger partial charge in [0, 0.05) is 20.6 Å². The van der Waals surface area contributed by atoms with Crippen molar-refractivity contribution in [1.82, 2.24) is 10.2 Å². The topological polar surface area (TPSA) is 75.4 Å². The predicted molar refractivity (Wildman–Crippen MR) is 68.4 cm³/mol. The summed E-state index contributed by atoms with van der Waals surface area (Å²) in [5, 5.41) is 2.57. The van der Waals surface area contributed by atoms with Gasteiger partial charge in [0.2, 0.25) is 11.8 Å². The summed E-state index contributed by atoms with van der Waals surface area (Å²) >= 11 is 0. The highest BCUT2D eigenvalue weighted by Gasteiger charge is 2.33. The molecule has 1 unspecified atom stereocenters. The summed E-state index contributed by atoms with van der Waals surface area (Å²) in [5.74, 6) is -0.398. The summed E-state index contributed by atoms with van der Waals surface area (Å²) < 4.78 is 0. The highest BCUT2D eigenvalue weighted by Crippen LogP contribution is 2.15. The molecule has 0 aromatic carbocycles. The van der Waals surface area contributed by atoms with Crippen LogP contribution < -0.4 is 11.1 Å². The van der Waals surface area contributed by atoms with E-state index in [2.05, 4.69) is 5.32 Å². The van der Waals surface area contributed by atoms with E-state index in [9.17, 15) is 9.59 Å². The standard InChI is InChI=1S/C12H25N3O2/c1-6-12(13,7-2)11(17)15(5)8-9(3)10(16)14-4/h9H,6-8,13H2,1-5H3,(H,14,16). The Bertz CT molecular complexity index is 275. The van der Waals surface area contributed by atoms with Gasteiger partial charge in [-0.05, 0) is 12.8 Å². The van der Waals surface area contributed by atoms with Crippen molar-refractivity contribution in [3.05, 3.63) is 0 Å². The summed E-state index contributed by atoms with van der Waals surface area (Å²) in [6.07, 6.45) is 1.20. The van der Waals surface area contributed by atoms with Gasteiger partial charge in [0.1, 0.15) is 0 Å². The van der Waals surface area contributed by atoms with Crippen LogP contribution in [0.3, 0.4) is 0 Å². The molecule has 0 fully saturated rings. The maximum atomic E-state index is 12.1. The Kier molecular flexibility index (Phi) is 6.16. The zero-order valence-corrected chi connectivity index (χ0v) is 11.5. The molecule has 0 aromatic rings. The fraction of sp³-hybridized carbons (Fsp3) is 0.833. The van der Waals surface area contributed by atoms with E-state index in [0.29, 0.717) is 19.4 Å². The molecule has 0 spiro atoms. The summed E-state index contributed by atoms with van der Waals surface area (Å²) in [6, 6.07) is 0. The number of carbonyl (C=O) groups excluding carboxylic acids is 2. The zero-order valence-electron chi connectivity index (χ0n) is 11.5. The molecule has 0 aliphatic rings. The quantitative estimate of drug-likeness (QED) is 0.706. The minimum atomic E-state index is -0.808. The van der Waals surface area contributed by atoms with Gasteiger partial charge < -0.3 is 16.0 Å². The molecule has 0 bridgehead atoms. The van der Waals surface area contributed by atoms with Crippen LogP contribution in [0.5, 0.6) is 0 Å². The van der Waals surface area contributed by atoms with Crippen molar-refractivity contribution in [3.8, 4) is 0 Å². The van der Waals surface area contributed by atoms with Crippen molar-refractivity contribution in [3.63, 3.8) is 0 Å². The molecule has 0 radical (unpaired) electrons. The third kappa shape index (κ3) is 4.00. The Hall–Kier alpha value is -1.10. The molecule has 0 rings (SSSR count). The number of amides is 2. The van der Waals surface area contributed by atoms with Gasteiger partial charge in [-0.25, -0.2) is 0 Å². The van der Waals surface area contributed by atoms with Gasteiger partial charge in [-0.2, -0.15) is 0 Å². The smallest absolute Gasteiger partial charge is 0.242 e. The van der Waals surface area contributed by atoms with E-state index in [1.165, 1.54) is 0 Å². The molecule has 0 saturated heterocycles. The largest absolute Gasteiger partial charge is 0.359 e. The van der Waals surface area contributed by atoms with Gasteiger partial charge >= 0.3 is 0 Å². The Morgan fingerprint density at radius 2 is 1.82 bits per heavy atom. The lowest BCUT2D eigenvalue weighted by atomic mass is 9.92. The van der Waals surface area contributed by atoms with Gasteiger partial charge in [0.25, 0.3) is 0 Å². The minimum absolute atomic E-state index is 0.0692. The average molecular weight is 243 g/mol. The molecule has 0 aromatic heterocycles. The molecule has 17 heavy (non-hydrogen) atoms. The van der Waals surface area contributed by atoms with Crippen LogP contribution in [0, 0.1) is 5.92 Å². The van der Waals surface area contributed by atoms with Crippen molar-refractivity contribution < 1.29 is 9.59 Å². The molecule has 3 N–H and O–H groups in total. The summed E-state index contributed by atoms with van der Waals surface area (Å²) in [6.45, 7) is 5.98. The number of nitrogens with two attached hydrogens (primary N) is 1. The molecule has 0 aliphatic heterocycles. The third-order valence-electron chi connectivity index (χ3n) is 3.28. The number of likely N-dealkylation sites (N-methyl/N-ethyl adjacent to an activating group) is 1. The Balaban J connectivity index is 4.56. The zero-order chi connectivity index (χ0) is 13.6. The predicted octanol–water partition coefficient (Wildman–Crippen LogP) is 0.344. The molecular formula is C12H25N3O2. The van der Waals surface area contributed by atoms with E-state index in [0.717, 1.165) is 0 Å². The minimum Gasteiger partial charge on any atom is -0.359 e. The van der Waals surface area contributed by atoms with Crippen LogP contribution in [0.15, 0.2) is 0 Å². The Morgan fingerprint density at radius 3 is 2.18 bits per heavy atom. The highest BCUT2D eigenvalue weighted by molar-refractivity contribution is 5.86. The average Bonchev–Trinajstić information content (AvgIpc) is 2.35. The molecular weight excluding hydrogens is 218 g/mol. The summed E-state index contributed by atoms with van der Waals surface area (Å²) in [4.78, 5) is 25.1. The SMILES string of the molecule is CCC(N)(CC)C(=O)N(C)CC(C)C(=O)NC. The van der Waals surface area contributed by atoms with Crippen LogP contribution in [0.1, 0.15) is 33.6 Å². The molecule has 5 nitrogen and oxygen atoms in total. The van der Waals surface area contributed by atoms with E-state index in [1.807, 2.05) is 13.8 Å². The number of rotatable bonds is 6. The second-order valence-electron chi connectivity index (χ2n) is 4.56. The first-order valence-electron chi connectivity index (χ1n) is 6.08. The first kappa shape index (κ1) is 15.9. The van der Waals surface area contributed by atoms with Crippen LogP contribution in [0.25, 0.3) is 0 Å². The maximum Gasteiger partial charge on any atom is 0.242 e. The van der Waals surface area contributed by atoms with Gasteiger partial charge in [0.15, 0.2) is 0 Å². The Morgan fingerprint density at radius 1 is 1.35 bits per heavy atom. The molecule has 100 valence electrons. The monoisotopic (exact) mass is 243 g/mol. The molecule has 2 amide bonds. The third-order valence-corrected chi connectivity index (χ3v) is 3.28. The molecule has 0 aliphatic carbocycles. The van der Waals surface area contributed by atoms with E-state index in [4.69, 9.17) is 5.73 Å². The molecule has 0 saturated carbocycles. The van der Waals surface area contributed by atoms with Crippen LogP contribution >= 0.6 is 0 Å². The lowest BCUT2D eigenvalue weighted by Crippen LogP contribution is -2.54. The number of nitrogens with zero attached hydrogens (tertiary/aromatic N) is 1. The van der Waals surface area contributed by atoms with Gasteiger partial charge in [-0.3, -0.25) is 9.59 Å². The fourth-order valence-electron chi connectivity index (χ4n) is 1.76. The number of nitrogens with one attached hydrogen (secondary N) is 1. The van der Waals surface area contributed by atoms with Crippen LogP contribution in [0.2, 0.25) is 0 Å². The van der Waals surface area contributed by atoms with Crippen molar-refractivity contribution in [1.29, 1.82) is 0 Å². The first-order chi connectivity index (χ1) is 7.82. The second-order valence-corrected chi connectivity index (χ2v) is 4.56. The lowest BCUT2D eigenvalue weighted by molar-refractivity contribution is -0.137. The second kappa shape index (κ2) is 6.59. The lowest BCUT2D eigenvalue weighted by Gasteiger charge is -2.31. The number of carbonyl (C=O) groups is 2. The highest BCUT2D eigenvalue weighted by atomic mass is 16.2. The normalized spacial score (nSPS) is 13.1. The maximum absolute atomic E-state index is 12.1. The fourth-order valence-corrected chi connectivity index (χ4v) is 1.76. The number of hydrogen-bond acceptors (Lipinski definition) is 3. The molecule has 1 atom stereocenters. The molecule has 0 heterocycles. The Labute approximate surface area is 104 Å². The molecule has 5 heteroatoms. The van der Waals surface area contributed by atoms with E-state index in [1.54, 1.807) is 25.9 Å².